The van der Waals surface area contributed by atoms with Crippen LogP contribution in [0.25, 0.3) is 30.7 Å². The third-order valence-corrected chi connectivity index (χ3v) is 10.6. The van der Waals surface area contributed by atoms with Crippen LogP contribution in [0, 0.1) is 0 Å². The van der Waals surface area contributed by atoms with Crippen molar-refractivity contribution in [1.82, 2.24) is 9.97 Å². The summed E-state index contributed by atoms with van der Waals surface area (Å²) in [5, 5.41) is 1.22. The van der Waals surface area contributed by atoms with E-state index in [9.17, 15) is 0 Å². The van der Waals surface area contributed by atoms with Gasteiger partial charge in [-0.15, -0.1) is 0 Å². The van der Waals surface area contributed by atoms with Gasteiger partial charge in [-0.1, -0.05) is 0 Å². The van der Waals surface area contributed by atoms with E-state index in [-0.39, 0.29) is 19.9 Å². The number of rotatable bonds is 1. The number of hydrogen-bond acceptors (Lipinski definition) is 3. The number of para-hydroxylation sites is 2. The zero-order valence-electron chi connectivity index (χ0n) is 20.9. The van der Waals surface area contributed by atoms with Gasteiger partial charge in [0.1, 0.15) is 0 Å². The molecule has 0 saturated heterocycles. The molecule has 1 aliphatic heterocycles. The van der Waals surface area contributed by atoms with Crippen LogP contribution >= 0.6 is 0 Å². The topological polar surface area (TPSA) is 29.0 Å². The summed E-state index contributed by atoms with van der Waals surface area (Å²) in [5.74, 6) is 0. The van der Waals surface area contributed by atoms with Gasteiger partial charge in [0.05, 0.1) is 0 Å². The first-order chi connectivity index (χ1) is 19.4. The predicted molar refractivity (Wildman–Crippen MR) is 160 cm³/mol. The molecule has 39 heavy (non-hydrogen) atoms. The normalized spacial score (nSPS) is 14.3. The van der Waals surface area contributed by atoms with E-state index in [2.05, 4.69) is 130 Å². The van der Waals surface area contributed by atoms with E-state index in [4.69, 9.17) is 0 Å². The fraction of sp³-hybridized carbons (Fsp3) is 0.0286. The Morgan fingerprint density at radius 1 is 0.564 bits per heavy atom. The molecule has 0 unspecified atom stereocenters. The first-order valence-corrected chi connectivity index (χ1v) is 14.9. The molecule has 3 nitrogen and oxygen atoms in total. The number of nitrogens with zero attached hydrogens (tertiary/aromatic N) is 3. The van der Waals surface area contributed by atoms with Crippen molar-refractivity contribution < 1.29 is 0 Å². The van der Waals surface area contributed by atoms with Crippen LogP contribution in [-0.2, 0) is 5.41 Å². The maximum absolute atomic E-state index is 4.65. The molecule has 2 aromatic heterocycles. The van der Waals surface area contributed by atoms with Gasteiger partial charge in [0, 0.05) is 0 Å². The standard InChI is InChI=1S/C35H21N3Se/c1-3-11-26-23(9-1)24-10-2-4-12-27(24)35(26)28-13-5-7-15-30(28)38(31-16-8-6-14-29(31)35)22-17-18-25-32(21-22)39-34-33(25)36-19-20-37-34/h1-21H. The molecular weight excluding hydrogens is 541 g/mol. The maximum atomic E-state index is 4.65. The van der Waals surface area contributed by atoms with Crippen molar-refractivity contribution in [2.24, 2.45) is 0 Å². The van der Waals surface area contributed by atoms with Gasteiger partial charge in [0.25, 0.3) is 0 Å². The fourth-order valence-corrected chi connectivity index (χ4v) is 9.13. The van der Waals surface area contributed by atoms with Crippen LogP contribution in [0.2, 0.25) is 0 Å². The van der Waals surface area contributed by atoms with Crippen molar-refractivity contribution in [3.63, 3.8) is 0 Å². The fourth-order valence-electron chi connectivity index (χ4n) is 6.96. The van der Waals surface area contributed by atoms with Gasteiger partial charge < -0.3 is 0 Å². The molecule has 0 fully saturated rings. The summed E-state index contributed by atoms with van der Waals surface area (Å²) >= 11 is 0.147. The van der Waals surface area contributed by atoms with Crippen molar-refractivity contribution in [2.45, 2.75) is 5.41 Å². The Labute approximate surface area is 231 Å². The Hall–Kier alpha value is -4.50. The zero-order valence-corrected chi connectivity index (χ0v) is 22.6. The van der Waals surface area contributed by atoms with E-state index in [0.29, 0.717) is 0 Å². The molecule has 182 valence electrons. The minimum absolute atomic E-state index is 0.147. The number of aromatic nitrogens is 2. The number of hydrogen-bond donors (Lipinski definition) is 0. The average Bonchev–Trinajstić information content (AvgIpc) is 3.51. The Kier molecular flexibility index (Phi) is 4.27. The average molecular weight is 563 g/mol. The summed E-state index contributed by atoms with van der Waals surface area (Å²) in [6.45, 7) is 0. The molecule has 5 aromatic carbocycles. The van der Waals surface area contributed by atoms with Crippen LogP contribution in [0.5, 0.6) is 0 Å². The number of benzene rings is 5. The van der Waals surface area contributed by atoms with Gasteiger partial charge in [-0.2, -0.15) is 0 Å². The summed E-state index contributed by atoms with van der Waals surface area (Å²) in [6.07, 6.45) is 3.60. The van der Waals surface area contributed by atoms with E-state index < -0.39 is 0 Å². The van der Waals surface area contributed by atoms with Crippen LogP contribution < -0.4 is 4.90 Å². The third kappa shape index (κ3) is 2.67. The molecule has 0 saturated carbocycles. The van der Waals surface area contributed by atoms with Crippen molar-refractivity contribution in [2.75, 3.05) is 4.90 Å². The molecule has 4 heteroatoms. The van der Waals surface area contributed by atoms with Crippen LogP contribution in [-0.4, -0.2) is 24.5 Å². The molecule has 9 rings (SSSR count). The van der Waals surface area contributed by atoms with E-state index in [1.54, 1.807) is 12.4 Å². The second kappa shape index (κ2) is 7.77. The van der Waals surface area contributed by atoms with Gasteiger partial charge in [0.15, 0.2) is 0 Å². The molecule has 1 aliphatic carbocycles. The molecular formula is C35H21N3Se. The van der Waals surface area contributed by atoms with Crippen molar-refractivity contribution >= 4 is 51.1 Å². The van der Waals surface area contributed by atoms with E-state index in [0.717, 1.165) is 9.91 Å². The molecule has 0 atom stereocenters. The van der Waals surface area contributed by atoms with E-state index in [1.807, 2.05) is 0 Å². The summed E-state index contributed by atoms with van der Waals surface area (Å²) in [5.41, 5.74) is 12.3. The molecule has 0 radical (unpaired) electrons. The molecule has 2 aliphatic rings. The molecule has 1 spiro atoms. The van der Waals surface area contributed by atoms with Crippen LogP contribution in [0.15, 0.2) is 128 Å². The van der Waals surface area contributed by atoms with Crippen molar-refractivity contribution in [1.29, 1.82) is 0 Å². The van der Waals surface area contributed by atoms with Gasteiger partial charge in [-0.05, 0) is 0 Å². The van der Waals surface area contributed by atoms with Gasteiger partial charge in [0.2, 0.25) is 0 Å². The monoisotopic (exact) mass is 563 g/mol. The molecule has 7 aromatic rings. The summed E-state index contributed by atoms with van der Waals surface area (Å²) in [6, 6.07) is 42.7. The quantitative estimate of drug-likeness (QED) is 0.190. The second-order valence-corrected chi connectivity index (χ2v) is 12.4. The van der Waals surface area contributed by atoms with Gasteiger partial charge >= 0.3 is 232 Å². The SMILES string of the molecule is c1ccc2c(c1)-c1ccccc1C21c2ccccc2N(c2ccc3c(c2)[se]c2nccnc23)c2ccccc21. The van der Waals surface area contributed by atoms with Crippen LogP contribution in [0.3, 0.4) is 0 Å². The summed E-state index contributed by atoms with van der Waals surface area (Å²) in [7, 11) is 0. The van der Waals surface area contributed by atoms with Crippen molar-refractivity contribution in [3.05, 3.63) is 150 Å². The Morgan fingerprint density at radius 2 is 1.13 bits per heavy atom. The first-order valence-electron chi connectivity index (χ1n) is 13.2. The third-order valence-electron chi connectivity index (χ3n) is 8.40. The number of fused-ring (bicyclic) bond motifs is 12. The Bertz CT molecular complexity index is 2010. The second-order valence-electron chi connectivity index (χ2n) is 10.2. The van der Waals surface area contributed by atoms with E-state index in [1.165, 1.54) is 60.1 Å². The zero-order chi connectivity index (χ0) is 25.6. The molecule has 0 N–H and O–H groups in total. The molecule has 0 bridgehead atoms. The molecule has 3 heterocycles. The van der Waals surface area contributed by atoms with Crippen LogP contribution in [0.1, 0.15) is 22.3 Å². The van der Waals surface area contributed by atoms with Gasteiger partial charge in [-0.3, -0.25) is 0 Å². The number of anilines is 3. The molecule has 0 amide bonds. The minimum atomic E-state index is -0.373. The summed E-state index contributed by atoms with van der Waals surface area (Å²) < 4.78 is 2.46. The first kappa shape index (κ1) is 21.4. The van der Waals surface area contributed by atoms with E-state index >= 15 is 0 Å². The predicted octanol–water partition coefficient (Wildman–Crippen LogP) is 7.99. The summed E-state index contributed by atoms with van der Waals surface area (Å²) in [4.78, 5) is 11.7. The van der Waals surface area contributed by atoms with Crippen LogP contribution in [0.4, 0.5) is 17.1 Å². The van der Waals surface area contributed by atoms with Gasteiger partial charge in [-0.25, -0.2) is 0 Å². The Balaban J connectivity index is 1.38. The Morgan fingerprint density at radius 3 is 1.79 bits per heavy atom. The van der Waals surface area contributed by atoms with Crippen molar-refractivity contribution in [3.8, 4) is 11.1 Å².